The summed E-state index contributed by atoms with van der Waals surface area (Å²) in [6.07, 6.45) is 7.45. The smallest absolute Gasteiger partial charge is 0.408 e. The molecule has 24 heteroatoms. The second kappa shape index (κ2) is 25.6. The highest BCUT2D eigenvalue weighted by Gasteiger charge is 2.19. The van der Waals surface area contributed by atoms with Gasteiger partial charge in [0.25, 0.3) is 0 Å². The van der Waals surface area contributed by atoms with Gasteiger partial charge in [-0.05, 0) is 96.1 Å². The van der Waals surface area contributed by atoms with Gasteiger partial charge in [-0.2, -0.15) is 0 Å². The minimum atomic E-state index is -0.619. The molecule has 5 aromatic heterocycles. The number of nitrogens with two attached hydrogens (primary N) is 1. The number of likely N-dealkylation sites (N-methyl/N-ethyl adjacent to an activating group) is 2. The van der Waals surface area contributed by atoms with Crippen LogP contribution in [-0.4, -0.2) is 103 Å². The third-order valence-corrected chi connectivity index (χ3v) is 10.6. The molecule has 0 unspecified atom stereocenters. The number of ether oxygens (including phenoxy) is 2. The molecule has 410 valence electrons. The molecular formula is C54H60ClN11O12. The zero-order valence-electron chi connectivity index (χ0n) is 44.7. The highest BCUT2D eigenvalue weighted by molar-refractivity contribution is 5.86. The minimum absolute atomic E-state index is 0. The molecule has 0 atom stereocenters. The number of nitrogens with zero attached hydrogens (tertiary/aromatic N) is 8. The van der Waals surface area contributed by atoms with Crippen molar-refractivity contribution < 1.29 is 41.9 Å². The van der Waals surface area contributed by atoms with Crippen molar-refractivity contribution in [1.29, 1.82) is 0 Å². The van der Waals surface area contributed by atoms with Crippen molar-refractivity contribution in [3.63, 3.8) is 0 Å². The summed E-state index contributed by atoms with van der Waals surface area (Å²) in [6, 6.07) is 19.2. The fourth-order valence-electron chi connectivity index (χ4n) is 6.82. The van der Waals surface area contributed by atoms with E-state index in [1.807, 2.05) is 0 Å². The van der Waals surface area contributed by atoms with Crippen LogP contribution in [0.3, 0.4) is 0 Å². The van der Waals surface area contributed by atoms with Crippen LogP contribution in [0, 0.1) is 12.3 Å². The van der Waals surface area contributed by atoms with Crippen molar-refractivity contribution in [2.45, 2.75) is 85.5 Å². The molecular weight excluding hydrogens is 1030 g/mol. The average Bonchev–Trinajstić information content (AvgIpc) is 4.07. The second-order valence-corrected chi connectivity index (χ2v) is 19.6. The number of terminal acetylenes is 1. The second-order valence-electron chi connectivity index (χ2n) is 19.6. The Morgan fingerprint density at radius 1 is 0.603 bits per heavy atom. The molecule has 0 bridgehead atoms. The van der Waals surface area contributed by atoms with Gasteiger partial charge in [0.05, 0.1) is 48.2 Å². The van der Waals surface area contributed by atoms with E-state index in [9.17, 15) is 33.6 Å². The summed E-state index contributed by atoms with van der Waals surface area (Å²) < 4.78 is 30.1. The maximum absolute atomic E-state index is 12.6. The summed E-state index contributed by atoms with van der Waals surface area (Å²) >= 11 is 0. The van der Waals surface area contributed by atoms with Crippen molar-refractivity contribution in [1.82, 2.24) is 50.4 Å². The molecule has 0 aliphatic carbocycles. The largest absolute Gasteiger partial charge is 0.459 e. The lowest BCUT2D eigenvalue weighted by atomic mass is 10.1. The highest BCUT2D eigenvalue weighted by Crippen LogP contribution is 2.24. The molecule has 0 fully saturated rings. The fourth-order valence-corrected chi connectivity index (χ4v) is 6.82. The van der Waals surface area contributed by atoms with E-state index in [1.165, 1.54) is 37.4 Å². The Balaban J connectivity index is 0.000000218. The topological polar surface area (TPSA) is 295 Å². The van der Waals surface area contributed by atoms with E-state index in [0.717, 1.165) is 5.56 Å². The van der Waals surface area contributed by atoms with Crippen LogP contribution >= 0.6 is 12.4 Å². The lowest BCUT2D eigenvalue weighted by molar-refractivity contribution is -0.130. The molecule has 0 saturated carbocycles. The van der Waals surface area contributed by atoms with Gasteiger partial charge < -0.3 is 48.9 Å². The maximum Gasteiger partial charge on any atom is 0.408 e. The Morgan fingerprint density at radius 2 is 0.974 bits per heavy atom. The molecule has 0 aliphatic heterocycles. The standard InChI is InChI=1S/C21H25N5O5.C17H17NO4.C16H17N5O3.ClH/c1-21(2,3)31-20(29)22-10-14-9-17(27)15-8-13(6-7-18(15)30-14)16-11-26(24-23-16)12-19(28)25(4)5;1-5-11-6-7-15-13(8-11)14(19)9-12(21-15)10-18-16(20)22-17(2,3)4;1-20(2)16(23)9-21-8-13(18-19-21)10-3-4-15-12(5-10)14(22)6-11(7-17)24-15;/h6-9,11H,10,12H2,1-5H3,(H,22,29);1,6-9H,10H2,2-4H3,(H,18,20);3-6,8H,7,9,17H2,1-2H3;1H. The van der Waals surface area contributed by atoms with E-state index >= 15 is 0 Å². The molecule has 0 radical (unpaired) electrons. The normalized spacial score (nSPS) is 11.0. The first-order valence-corrected chi connectivity index (χ1v) is 23.8. The number of amides is 4. The lowest BCUT2D eigenvalue weighted by Gasteiger charge is -2.19. The van der Waals surface area contributed by atoms with Gasteiger partial charge in [-0.3, -0.25) is 24.0 Å². The molecule has 0 aliphatic rings. The molecule has 0 spiro atoms. The van der Waals surface area contributed by atoms with E-state index in [2.05, 4.69) is 37.2 Å². The summed E-state index contributed by atoms with van der Waals surface area (Å²) in [4.78, 5) is 86.7. The van der Waals surface area contributed by atoms with Gasteiger partial charge in [-0.1, -0.05) is 16.3 Å². The van der Waals surface area contributed by atoms with Gasteiger partial charge in [0.15, 0.2) is 16.3 Å². The summed E-state index contributed by atoms with van der Waals surface area (Å²) in [6.45, 7) is 11.0. The molecule has 3 aromatic carbocycles. The van der Waals surface area contributed by atoms with Crippen LogP contribution in [0.1, 0.15) is 64.4 Å². The van der Waals surface area contributed by atoms with Gasteiger partial charge in [0.1, 0.15) is 69.7 Å². The van der Waals surface area contributed by atoms with Gasteiger partial charge in [0.2, 0.25) is 11.8 Å². The number of carbonyl (C=O) groups excluding carboxylic acids is 4. The summed E-state index contributed by atoms with van der Waals surface area (Å²) in [5.41, 5.74) is 8.08. The van der Waals surface area contributed by atoms with Gasteiger partial charge in [-0.25, -0.2) is 19.0 Å². The number of nitrogens with one attached hydrogen (secondary N) is 2. The Labute approximate surface area is 453 Å². The fraction of sp³-hybridized carbons (Fsp3) is 0.315. The Morgan fingerprint density at radius 3 is 1.35 bits per heavy atom. The monoisotopic (exact) mass is 1090 g/mol. The number of rotatable bonds is 11. The zero-order chi connectivity index (χ0) is 56.4. The third kappa shape index (κ3) is 16.7. The number of benzene rings is 3. The van der Waals surface area contributed by atoms with Crippen LogP contribution in [0.4, 0.5) is 9.59 Å². The summed E-state index contributed by atoms with van der Waals surface area (Å²) in [5, 5.41) is 22.4. The Hall–Kier alpha value is -9.14. The van der Waals surface area contributed by atoms with Crippen LogP contribution in [0.2, 0.25) is 0 Å². The van der Waals surface area contributed by atoms with Crippen molar-refractivity contribution in [3.05, 3.63) is 139 Å². The maximum atomic E-state index is 12.6. The number of hydrogen-bond donors (Lipinski definition) is 3. The first-order chi connectivity index (χ1) is 36.3. The van der Waals surface area contributed by atoms with Gasteiger partial charge in [0, 0.05) is 63.1 Å². The minimum Gasteiger partial charge on any atom is -0.459 e. The lowest BCUT2D eigenvalue weighted by Crippen LogP contribution is -2.32. The predicted molar refractivity (Wildman–Crippen MR) is 292 cm³/mol. The SMILES string of the molecule is C#Cc1ccc2oc(CNC(=O)OC(C)(C)C)cc(=O)c2c1.CN(C)C(=O)Cn1cc(-c2ccc3oc(CN)cc(=O)c3c2)nn1.CN(C)C(=O)Cn1cc(-c2ccc3oc(CNC(=O)OC(C)(C)C)cc(=O)c3c2)nn1.Cl. The zero-order valence-corrected chi connectivity index (χ0v) is 45.5. The van der Waals surface area contributed by atoms with Crippen LogP contribution in [0.15, 0.2) is 113 Å². The Kier molecular flexibility index (Phi) is 19.6. The highest BCUT2D eigenvalue weighted by atomic mass is 35.5. The van der Waals surface area contributed by atoms with E-state index in [-0.39, 0.29) is 73.2 Å². The van der Waals surface area contributed by atoms with E-state index in [0.29, 0.717) is 72.7 Å². The molecule has 0 saturated heterocycles. The third-order valence-electron chi connectivity index (χ3n) is 10.6. The van der Waals surface area contributed by atoms with Crippen LogP contribution in [0.5, 0.6) is 0 Å². The number of hydrogen-bond acceptors (Lipinski definition) is 17. The first-order valence-electron chi connectivity index (χ1n) is 23.8. The molecule has 78 heavy (non-hydrogen) atoms. The van der Waals surface area contributed by atoms with Gasteiger partial charge in [-0.15, -0.1) is 29.0 Å². The number of halogens is 1. The van der Waals surface area contributed by atoms with Crippen LogP contribution in [-0.2, 0) is 51.8 Å². The van der Waals surface area contributed by atoms with Crippen LogP contribution in [0.25, 0.3) is 55.4 Å². The summed E-state index contributed by atoms with van der Waals surface area (Å²) in [7, 11) is 6.69. The predicted octanol–water partition coefficient (Wildman–Crippen LogP) is 5.98. The summed E-state index contributed by atoms with van der Waals surface area (Å²) in [5.74, 6) is 3.37. The molecule has 5 heterocycles. The molecule has 8 aromatic rings. The van der Waals surface area contributed by atoms with Crippen molar-refractivity contribution in [3.8, 4) is 34.9 Å². The van der Waals surface area contributed by atoms with Crippen molar-refractivity contribution >= 4 is 69.3 Å². The molecule has 4 N–H and O–H groups in total. The first kappa shape index (κ1) is 59.7. The van der Waals surface area contributed by atoms with Crippen LogP contribution < -0.4 is 32.7 Å². The van der Waals surface area contributed by atoms with E-state index < -0.39 is 23.4 Å². The average molecular weight is 1090 g/mol. The number of aromatic nitrogens is 6. The van der Waals surface area contributed by atoms with Crippen molar-refractivity contribution in [2.24, 2.45) is 5.73 Å². The Bertz CT molecular complexity index is 3710. The van der Waals surface area contributed by atoms with E-state index in [4.69, 9.17) is 34.9 Å². The molecule has 23 nitrogen and oxygen atoms in total. The quantitative estimate of drug-likeness (QED) is 0.125. The number of carbonyl (C=O) groups is 4. The number of alkyl carbamates (subject to hydrolysis) is 2. The van der Waals surface area contributed by atoms with Gasteiger partial charge >= 0.3 is 12.2 Å². The van der Waals surface area contributed by atoms with Crippen molar-refractivity contribution in [2.75, 3.05) is 28.2 Å². The van der Waals surface area contributed by atoms with E-state index in [1.54, 1.807) is 137 Å². The number of fused-ring (bicyclic) bond motifs is 3. The molecule has 8 rings (SSSR count). The molecule has 4 amide bonds.